The summed E-state index contributed by atoms with van der Waals surface area (Å²) in [7, 11) is 3.16. The van der Waals surface area contributed by atoms with Crippen molar-refractivity contribution >= 4 is 5.91 Å². The zero-order valence-corrected chi connectivity index (χ0v) is 15.1. The van der Waals surface area contributed by atoms with Crippen LogP contribution in [0.3, 0.4) is 0 Å². The number of carbonyl (C=O) groups is 1. The monoisotopic (exact) mass is 358 g/mol. The third kappa shape index (κ3) is 2.78. The van der Waals surface area contributed by atoms with Gasteiger partial charge in [0.15, 0.2) is 0 Å². The van der Waals surface area contributed by atoms with Crippen molar-refractivity contribution in [2.24, 2.45) is 7.05 Å². The second-order valence-corrected chi connectivity index (χ2v) is 6.94. The summed E-state index contributed by atoms with van der Waals surface area (Å²) in [5.41, 5.74) is 1.11. The summed E-state index contributed by atoms with van der Waals surface area (Å²) >= 11 is 0. The van der Waals surface area contributed by atoms with Gasteiger partial charge in [0, 0.05) is 37.9 Å². The third-order valence-corrected chi connectivity index (χ3v) is 5.21. The number of pyridine rings is 1. The predicted octanol–water partition coefficient (Wildman–Crippen LogP) is -0.0807. The van der Waals surface area contributed by atoms with Crippen LogP contribution in [0.5, 0.6) is 5.88 Å². The van der Waals surface area contributed by atoms with Gasteiger partial charge >= 0.3 is 5.69 Å². The molecule has 2 aromatic rings. The van der Waals surface area contributed by atoms with Gasteiger partial charge in [-0.15, -0.1) is 0 Å². The van der Waals surface area contributed by atoms with Crippen LogP contribution in [0.1, 0.15) is 28.3 Å². The van der Waals surface area contributed by atoms with Gasteiger partial charge in [-0.25, -0.2) is 14.5 Å². The number of H-pyrrole nitrogens is 1. The maximum atomic E-state index is 13.0. The first-order valence-corrected chi connectivity index (χ1v) is 8.65. The van der Waals surface area contributed by atoms with Crippen LogP contribution in [0, 0.1) is 6.92 Å². The number of amides is 1. The summed E-state index contributed by atoms with van der Waals surface area (Å²) in [6, 6.07) is 4.05. The molecule has 0 saturated carbocycles. The molecule has 2 bridgehead atoms. The van der Waals surface area contributed by atoms with Gasteiger partial charge in [-0.3, -0.25) is 14.7 Å². The number of ether oxygens (including phenoxy) is 1. The molecule has 2 atom stereocenters. The van der Waals surface area contributed by atoms with Crippen molar-refractivity contribution in [3.05, 3.63) is 39.7 Å². The first-order chi connectivity index (χ1) is 12.5. The molecule has 0 unspecified atom stereocenters. The molecule has 2 saturated heterocycles. The van der Waals surface area contributed by atoms with Crippen LogP contribution in [0.15, 0.2) is 16.9 Å². The molecule has 2 aromatic heterocycles. The number of piperazine rings is 1. The van der Waals surface area contributed by atoms with Gasteiger partial charge in [0.2, 0.25) is 5.88 Å². The molecule has 9 heteroatoms. The molecule has 0 aromatic carbocycles. The Morgan fingerprint density at radius 1 is 1.35 bits per heavy atom. The summed E-state index contributed by atoms with van der Waals surface area (Å²) in [5, 5.41) is 4.19. The van der Waals surface area contributed by atoms with Crippen molar-refractivity contribution in [1.82, 2.24) is 29.5 Å². The number of aryl methyl sites for hydroxylation is 2. The SMILES string of the molecule is COc1nc(C)ccc1C(=O)N1C[C@@H]2C[C@H]1CN2Cc1nn(C)c(=O)[nH]1. The minimum Gasteiger partial charge on any atom is -0.480 e. The van der Waals surface area contributed by atoms with Crippen LogP contribution in [0.4, 0.5) is 0 Å². The van der Waals surface area contributed by atoms with Crippen LogP contribution in [-0.4, -0.2) is 67.7 Å². The lowest BCUT2D eigenvalue weighted by Crippen LogP contribution is -2.48. The van der Waals surface area contributed by atoms with Crippen molar-refractivity contribution < 1.29 is 9.53 Å². The van der Waals surface area contributed by atoms with E-state index in [9.17, 15) is 9.59 Å². The zero-order valence-electron chi connectivity index (χ0n) is 15.1. The number of rotatable bonds is 4. The molecule has 0 aliphatic carbocycles. The summed E-state index contributed by atoms with van der Waals surface area (Å²) < 4.78 is 6.59. The van der Waals surface area contributed by atoms with Crippen molar-refractivity contribution in [1.29, 1.82) is 0 Å². The molecule has 2 fully saturated rings. The molecular formula is C17H22N6O3. The smallest absolute Gasteiger partial charge is 0.343 e. The summed E-state index contributed by atoms with van der Waals surface area (Å²) in [6.45, 7) is 3.90. The zero-order chi connectivity index (χ0) is 18.4. The van der Waals surface area contributed by atoms with Gasteiger partial charge in [0.05, 0.1) is 13.7 Å². The van der Waals surface area contributed by atoms with Gasteiger partial charge < -0.3 is 9.64 Å². The molecule has 2 aliphatic rings. The minimum atomic E-state index is -0.208. The fraction of sp³-hybridized carbons (Fsp3) is 0.529. The van der Waals surface area contributed by atoms with E-state index in [-0.39, 0.29) is 23.7 Å². The van der Waals surface area contributed by atoms with Crippen molar-refractivity contribution in [3.8, 4) is 5.88 Å². The summed E-state index contributed by atoms with van der Waals surface area (Å²) in [6.07, 6.45) is 0.935. The van der Waals surface area contributed by atoms with Gasteiger partial charge in [-0.1, -0.05) is 0 Å². The fourth-order valence-electron chi connectivity index (χ4n) is 3.92. The fourth-order valence-corrected chi connectivity index (χ4v) is 3.92. The Bertz CT molecular complexity index is 904. The topological polar surface area (TPSA) is 96.3 Å². The number of hydrogen-bond acceptors (Lipinski definition) is 6. The normalized spacial score (nSPS) is 22.2. The number of carbonyl (C=O) groups excluding carboxylic acids is 1. The van der Waals surface area contributed by atoms with Gasteiger partial charge in [-0.05, 0) is 25.5 Å². The van der Waals surface area contributed by atoms with Gasteiger partial charge in [-0.2, -0.15) is 5.10 Å². The van der Waals surface area contributed by atoms with E-state index >= 15 is 0 Å². The van der Waals surface area contributed by atoms with Crippen LogP contribution in [0.2, 0.25) is 0 Å². The van der Waals surface area contributed by atoms with E-state index in [1.165, 1.54) is 11.8 Å². The lowest BCUT2D eigenvalue weighted by atomic mass is 10.2. The molecular weight excluding hydrogens is 336 g/mol. The van der Waals surface area contributed by atoms with E-state index in [1.54, 1.807) is 13.1 Å². The number of nitrogens with zero attached hydrogens (tertiary/aromatic N) is 5. The Hall–Kier alpha value is -2.68. The standard InChI is InChI=1S/C17H22N6O3/c1-10-4-5-13(15(18-10)26-3)16(24)23-8-11-6-12(23)7-22(11)9-14-19-17(25)21(2)20-14/h4-5,11-12H,6-9H2,1-3H3,(H,19,20,25)/t11-,12-/m0/s1. The first-order valence-electron chi connectivity index (χ1n) is 8.65. The molecule has 9 nitrogen and oxygen atoms in total. The molecule has 2 aliphatic heterocycles. The maximum Gasteiger partial charge on any atom is 0.343 e. The van der Waals surface area contributed by atoms with Crippen LogP contribution in [0.25, 0.3) is 0 Å². The molecule has 1 N–H and O–H groups in total. The lowest BCUT2D eigenvalue weighted by Gasteiger charge is -2.33. The molecule has 4 heterocycles. The first kappa shape index (κ1) is 16.8. The second kappa shape index (κ2) is 6.24. The largest absolute Gasteiger partial charge is 0.480 e. The highest BCUT2D eigenvalue weighted by Crippen LogP contribution is 2.33. The van der Waals surface area contributed by atoms with E-state index in [2.05, 4.69) is 20.0 Å². The van der Waals surface area contributed by atoms with Crippen molar-refractivity contribution in [2.75, 3.05) is 20.2 Å². The van der Waals surface area contributed by atoms with E-state index in [0.29, 0.717) is 30.4 Å². The molecule has 4 rings (SSSR count). The molecule has 26 heavy (non-hydrogen) atoms. The Balaban J connectivity index is 1.46. The van der Waals surface area contributed by atoms with E-state index in [0.717, 1.165) is 18.7 Å². The lowest BCUT2D eigenvalue weighted by molar-refractivity contribution is 0.0609. The number of aromatic amines is 1. The summed E-state index contributed by atoms with van der Waals surface area (Å²) in [5.74, 6) is 1.00. The number of likely N-dealkylation sites (tertiary alicyclic amines) is 2. The Morgan fingerprint density at radius 3 is 2.77 bits per heavy atom. The number of fused-ring (bicyclic) bond motifs is 2. The van der Waals surface area contributed by atoms with Crippen molar-refractivity contribution in [2.45, 2.75) is 32.0 Å². The minimum absolute atomic E-state index is 0.0345. The Kier molecular flexibility index (Phi) is 4.03. The number of methoxy groups -OCH3 is 1. The predicted molar refractivity (Wildman–Crippen MR) is 93.0 cm³/mol. The summed E-state index contributed by atoms with van der Waals surface area (Å²) in [4.78, 5) is 35.7. The number of nitrogens with one attached hydrogen (secondary N) is 1. The second-order valence-electron chi connectivity index (χ2n) is 6.94. The average molecular weight is 358 g/mol. The highest BCUT2D eigenvalue weighted by Gasteiger charge is 2.45. The van der Waals surface area contributed by atoms with E-state index in [1.807, 2.05) is 17.9 Å². The quantitative estimate of drug-likeness (QED) is 0.821. The van der Waals surface area contributed by atoms with E-state index < -0.39 is 0 Å². The highest BCUT2D eigenvalue weighted by atomic mass is 16.5. The third-order valence-electron chi connectivity index (χ3n) is 5.21. The van der Waals surface area contributed by atoms with Gasteiger partial charge in [0.25, 0.3) is 5.91 Å². The molecule has 1 amide bonds. The Morgan fingerprint density at radius 2 is 2.15 bits per heavy atom. The highest BCUT2D eigenvalue weighted by molar-refractivity contribution is 5.97. The number of hydrogen-bond donors (Lipinski definition) is 1. The molecule has 0 radical (unpaired) electrons. The van der Waals surface area contributed by atoms with Crippen LogP contribution >= 0.6 is 0 Å². The average Bonchev–Trinajstić information content (AvgIpc) is 3.29. The number of aromatic nitrogens is 4. The van der Waals surface area contributed by atoms with Crippen LogP contribution in [-0.2, 0) is 13.6 Å². The van der Waals surface area contributed by atoms with Gasteiger partial charge in [0.1, 0.15) is 11.4 Å². The van der Waals surface area contributed by atoms with Crippen molar-refractivity contribution in [3.63, 3.8) is 0 Å². The van der Waals surface area contributed by atoms with Crippen LogP contribution < -0.4 is 10.4 Å². The Labute approximate surface area is 150 Å². The van der Waals surface area contributed by atoms with E-state index in [4.69, 9.17) is 4.74 Å². The maximum absolute atomic E-state index is 13.0. The molecule has 0 spiro atoms. The molecule has 138 valence electrons.